The second-order valence-electron chi connectivity index (χ2n) is 4.16. The van der Waals surface area contributed by atoms with Crippen molar-refractivity contribution in [1.29, 1.82) is 0 Å². The predicted octanol–water partition coefficient (Wildman–Crippen LogP) is 4.06. The molecular weight excluding hydrogens is 356 g/mol. The van der Waals surface area contributed by atoms with Gasteiger partial charge in [-0.2, -0.15) is 0 Å². The van der Waals surface area contributed by atoms with Gasteiger partial charge < -0.3 is 10.1 Å². The lowest BCUT2D eigenvalue weighted by Crippen LogP contribution is -2.06. The number of thiazole rings is 1. The summed E-state index contributed by atoms with van der Waals surface area (Å²) >= 11 is 7.13. The molecule has 1 aromatic carbocycles. The predicted molar refractivity (Wildman–Crippen MR) is 89.3 cm³/mol. The van der Waals surface area contributed by atoms with E-state index in [0.29, 0.717) is 6.61 Å². The van der Waals surface area contributed by atoms with E-state index in [2.05, 4.69) is 44.4 Å². The van der Waals surface area contributed by atoms with E-state index in [1.165, 1.54) is 9.77 Å². The minimum absolute atomic E-state index is 0.577. The van der Waals surface area contributed by atoms with Crippen molar-refractivity contribution in [1.82, 2.24) is 10.3 Å². The van der Waals surface area contributed by atoms with E-state index < -0.39 is 0 Å². The van der Waals surface area contributed by atoms with Gasteiger partial charge in [0, 0.05) is 27.9 Å². The summed E-state index contributed by atoms with van der Waals surface area (Å²) in [5.41, 5.74) is 1.05. The zero-order chi connectivity index (χ0) is 14.4. The van der Waals surface area contributed by atoms with Crippen LogP contribution in [-0.4, -0.2) is 19.1 Å². The van der Waals surface area contributed by atoms with Crippen LogP contribution < -0.4 is 5.32 Å². The van der Waals surface area contributed by atoms with Crippen molar-refractivity contribution in [2.45, 2.75) is 23.8 Å². The van der Waals surface area contributed by atoms with Gasteiger partial charge in [-0.3, -0.25) is 0 Å². The van der Waals surface area contributed by atoms with Gasteiger partial charge >= 0.3 is 0 Å². The summed E-state index contributed by atoms with van der Waals surface area (Å²) in [6, 6.07) is 8.26. The zero-order valence-electron chi connectivity index (χ0n) is 11.5. The van der Waals surface area contributed by atoms with Crippen LogP contribution in [0.4, 0.5) is 0 Å². The van der Waals surface area contributed by atoms with Crippen LogP contribution in [0.3, 0.4) is 0 Å². The number of nitrogens with one attached hydrogen (secondary N) is 1. The Labute approximate surface area is 136 Å². The van der Waals surface area contributed by atoms with Crippen LogP contribution in [0.1, 0.15) is 15.6 Å². The molecule has 0 unspecified atom stereocenters. The van der Waals surface area contributed by atoms with Crippen molar-refractivity contribution in [3.05, 3.63) is 44.3 Å². The van der Waals surface area contributed by atoms with E-state index in [1.54, 1.807) is 30.2 Å². The Balaban J connectivity index is 2.06. The number of hydrogen-bond acceptors (Lipinski definition) is 5. The van der Waals surface area contributed by atoms with Crippen LogP contribution in [0.5, 0.6) is 0 Å². The van der Waals surface area contributed by atoms with Crippen LogP contribution in [0.25, 0.3) is 0 Å². The number of nitrogens with zero attached hydrogens (tertiary/aromatic N) is 1. The van der Waals surface area contributed by atoms with Gasteiger partial charge in [0.15, 0.2) is 0 Å². The molecule has 0 atom stereocenters. The molecule has 3 nitrogen and oxygen atoms in total. The Morgan fingerprint density at radius 1 is 1.40 bits per heavy atom. The monoisotopic (exact) mass is 372 g/mol. The number of ether oxygens (including phenoxy) is 1. The van der Waals surface area contributed by atoms with E-state index in [9.17, 15) is 0 Å². The van der Waals surface area contributed by atoms with Crippen LogP contribution in [0, 0.1) is 0 Å². The number of thioether (sulfide) groups is 1. The van der Waals surface area contributed by atoms with Crippen LogP contribution in [0.15, 0.2) is 33.6 Å². The van der Waals surface area contributed by atoms with Crippen LogP contribution in [0.2, 0.25) is 0 Å². The topological polar surface area (TPSA) is 34.2 Å². The fraction of sp³-hybridized carbons (Fsp3) is 0.357. The molecule has 20 heavy (non-hydrogen) atoms. The largest absolute Gasteiger partial charge is 0.378 e. The number of methoxy groups -OCH3 is 1. The van der Waals surface area contributed by atoms with E-state index in [-0.39, 0.29) is 0 Å². The quantitative estimate of drug-likeness (QED) is 0.742. The summed E-state index contributed by atoms with van der Waals surface area (Å²) in [6.07, 6.45) is 0. The van der Waals surface area contributed by atoms with Gasteiger partial charge in [-0.15, -0.1) is 23.1 Å². The molecule has 0 saturated carbocycles. The van der Waals surface area contributed by atoms with Crippen LogP contribution >= 0.6 is 39.0 Å². The first-order chi connectivity index (χ1) is 9.74. The van der Waals surface area contributed by atoms with E-state index in [1.807, 2.05) is 13.1 Å². The van der Waals surface area contributed by atoms with Crippen molar-refractivity contribution in [3.8, 4) is 0 Å². The minimum atomic E-state index is 0.577. The molecule has 0 bridgehead atoms. The Morgan fingerprint density at radius 2 is 2.20 bits per heavy atom. The van der Waals surface area contributed by atoms with Gasteiger partial charge in [-0.1, -0.05) is 12.1 Å². The van der Waals surface area contributed by atoms with Crippen molar-refractivity contribution < 1.29 is 4.74 Å². The lowest BCUT2D eigenvalue weighted by atomic mass is 10.4. The lowest BCUT2D eigenvalue weighted by molar-refractivity contribution is 0.181. The molecule has 6 heteroatoms. The second kappa shape index (κ2) is 8.14. The standard InChI is InChI=1S/C14H17BrN2OS2/c1-16-7-13-11(8-18-2)17-14(20-13)9-19-12-6-4-3-5-10(12)15/h3-6,16H,7-9H2,1-2H3. The highest BCUT2D eigenvalue weighted by Crippen LogP contribution is 2.31. The van der Waals surface area contributed by atoms with Gasteiger partial charge in [0.1, 0.15) is 5.01 Å². The van der Waals surface area contributed by atoms with Gasteiger partial charge in [-0.05, 0) is 35.1 Å². The first-order valence-corrected chi connectivity index (χ1v) is 8.82. The first-order valence-electron chi connectivity index (χ1n) is 6.23. The molecule has 0 aliphatic rings. The summed E-state index contributed by atoms with van der Waals surface area (Å²) in [4.78, 5) is 7.18. The van der Waals surface area contributed by atoms with Crippen molar-refractivity contribution in [2.24, 2.45) is 0 Å². The Morgan fingerprint density at radius 3 is 2.90 bits per heavy atom. The Bertz CT molecular complexity index is 536. The maximum absolute atomic E-state index is 5.21. The molecule has 2 rings (SSSR count). The molecular formula is C14H17BrN2OS2. The summed E-state index contributed by atoms with van der Waals surface area (Å²) in [5, 5.41) is 4.32. The smallest absolute Gasteiger partial charge is 0.104 e. The maximum Gasteiger partial charge on any atom is 0.104 e. The normalized spacial score (nSPS) is 10.9. The van der Waals surface area contributed by atoms with Crippen molar-refractivity contribution in [2.75, 3.05) is 14.2 Å². The minimum Gasteiger partial charge on any atom is -0.378 e. The van der Waals surface area contributed by atoms with Crippen LogP contribution in [-0.2, 0) is 23.6 Å². The van der Waals surface area contributed by atoms with Gasteiger partial charge in [0.05, 0.1) is 18.1 Å². The molecule has 0 aliphatic heterocycles. The van der Waals surface area contributed by atoms with Gasteiger partial charge in [-0.25, -0.2) is 4.98 Å². The van der Waals surface area contributed by atoms with E-state index >= 15 is 0 Å². The number of aromatic nitrogens is 1. The highest BCUT2D eigenvalue weighted by Gasteiger charge is 2.11. The molecule has 1 heterocycles. The maximum atomic E-state index is 5.21. The second-order valence-corrected chi connectivity index (χ2v) is 7.20. The highest BCUT2D eigenvalue weighted by atomic mass is 79.9. The SMILES string of the molecule is CNCc1sc(CSc2ccccc2Br)nc1COC. The average molecular weight is 373 g/mol. The molecule has 2 aromatic rings. The molecule has 1 aromatic heterocycles. The summed E-state index contributed by atoms with van der Waals surface area (Å²) in [5.74, 6) is 0.883. The molecule has 0 aliphatic carbocycles. The molecule has 0 radical (unpaired) electrons. The summed E-state index contributed by atoms with van der Waals surface area (Å²) in [6.45, 7) is 1.42. The number of benzene rings is 1. The third kappa shape index (κ3) is 4.30. The third-order valence-corrected chi connectivity index (χ3v) is 5.95. The zero-order valence-corrected chi connectivity index (χ0v) is 14.7. The third-order valence-electron chi connectivity index (χ3n) is 2.63. The number of hydrogen-bond donors (Lipinski definition) is 1. The molecule has 0 spiro atoms. The van der Waals surface area contributed by atoms with Gasteiger partial charge in [0.25, 0.3) is 0 Å². The number of halogens is 1. The van der Waals surface area contributed by atoms with Crippen molar-refractivity contribution in [3.63, 3.8) is 0 Å². The Kier molecular flexibility index (Phi) is 6.51. The molecule has 0 amide bonds. The number of rotatable bonds is 7. The lowest BCUT2D eigenvalue weighted by Gasteiger charge is -2.01. The van der Waals surface area contributed by atoms with Crippen molar-refractivity contribution >= 4 is 39.0 Å². The van der Waals surface area contributed by atoms with E-state index in [0.717, 1.165) is 27.5 Å². The fourth-order valence-corrected chi connectivity index (χ4v) is 4.39. The molecule has 0 saturated heterocycles. The molecule has 108 valence electrons. The average Bonchev–Trinajstić information content (AvgIpc) is 2.81. The fourth-order valence-electron chi connectivity index (χ4n) is 1.75. The Hall–Kier alpha value is -0.400. The van der Waals surface area contributed by atoms with Gasteiger partial charge in [0.2, 0.25) is 0 Å². The summed E-state index contributed by atoms with van der Waals surface area (Å²) in [7, 11) is 3.66. The highest BCUT2D eigenvalue weighted by molar-refractivity contribution is 9.10. The molecule has 0 fully saturated rings. The summed E-state index contributed by atoms with van der Waals surface area (Å²) < 4.78 is 6.35. The van der Waals surface area contributed by atoms with E-state index in [4.69, 9.17) is 4.74 Å². The first kappa shape index (κ1) is 16.0. The molecule has 1 N–H and O–H groups in total.